The van der Waals surface area contributed by atoms with Crippen LogP contribution in [0, 0.1) is 94.7 Å². The molecule has 9 aliphatic heterocycles. The number of ether oxygens (including phenoxy) is 5. The number of benzene rings is 6. The first kappa shape index (κ1) is 118. The van der Waals surface area contributed by atoms with Gasteiger partial charge in [0.15, 0.2) is 5.71 Å². The molecular formula is C101H116BClN13NaO26S. The van der Waals surface area contributed by atoms with Crippen LogP contribution in [0.25, 0.3) is 5.53 Å². The van der Waals surface area contributed by atoms with Crippen molar-refractivity contribution in [3.8, 4) is 0 Å². The van der Waals surface area contributed by atoms with Gasteiger partial charge in [0.25, 0.3) is 17.7 Å². The third kappa shape index (κ3) is 29.0. The fourth-order valence-electron chi connectivity index (χ4n) is 17.8. The summed E-state index contributed by atoms with van der Waals surface area (Å²) in [5.74, 6) is -12.3. The van der Waals surface area contributed by atoms with E-state index in [0.717, 1.165) is 64.6 Å². The zero-order chi connectivity index (χ0) is 104. The number of nitrogens with zero attached hydrogens (tertiary/aromatic N) is 9. The Morgan fingerprint density at radius 2 is 0.715 bits per heavy atom. The van der Waals surface area contributed by atoms with E-state index in [0.29, 0.717) is 43.7 Å². The SMILES string of the molecule is C1CCOC1.CCOC(=O)C1=NNC2C(=O)N(Cc3ccccc3)C(=O)C12.CCOC(=O)C1[C@H]2C(=O)N(Cc3ccccc3)C(=O)[C@@H]12.CCOC(=O)C1[C@H]2C(=O)N(Cc3ccccc3)C(=O)[C@@H]12.CCOC(=O)C=[N+]=[N-].CCl.CNC(=O)C1[C@H]2C(=O)N(Cc3ccccc3)C(=O)[C@@H]12.CNC(=O)C1[C@H]2CNC[C@@H]12.CS.O=C(O)C1[C@H]2C(=O)N(Cc3ccccc3)C(=O)[C@@H]12.O=C1C=CC(=O)N1Cc1ccccc1.[B]C.[Na+].[OH-]. The molecule has 39 nitrogen and oxygen atoms in total. The molecule has 0 bridgehead atoms. The van der Waals surface area contributed by atoms with Crippen molar-refractivity contribution < 1.29 is 160 Å². The van der Waals surface area contributed by atoms with Gasteiger partial charge in [0.1, 0.15) is 12.0 Å². The second-order valence-corrected chi connectivity index (χ2v) is 33.3. The third-order valence-corrected chi connectivity index (χ3v) is 24.9. The molecule has 6 N–H and O–H groups in total. The van der Waals surface area contributed by atoms with Crippen LogP contribution in [0.3, 0.4) is 0 Å². The van der Waals surface area contributed by atoms with Crippen LogP contribution < -0.4 is 50.9 Å². The van der Waals surface area contributed by atoms with Gasteiger partial charge in [-0.15, -0.1) is 11.6 Å². The van der Waals surface area contributed by atoms with Crippen molar-refractivity contribution in [2.75, 3.05) is 79.5 Å². The number of hydrogen-bond acceptors (Lipinski definition) is 29. The monoisotopic (exact) mass is 2030 g/mol. The number of likely N-dealkylation sites (tertiary alicyclic amines) is 5. The van der Waals surface area contributed by atoms with Crippen molar-refractivity contribution >= 4 is 157 Å². The van der Waals surface area contributed by atoms with Gasteiger partial charge in [-0.2, -0.15) is 22.5 Å². The number of carbonyl (C=O) groups excluding carboxylic acids is 18. The number of carboxylic acids is 1. The molecule has 758 valence electrons. The number of thiol groups is 1. The van der Waals surface area contributed by atoms with E-state index in [4.69, 9.17) is 29.6 Å². The van der Waals surface area contributed by atoms with E-state index in [-0.39, 0.29) is 164 Å². The van der Waals surface area contributed by atoms with Crippen LogP contribution in [0.1, 0.15) is 73.9 Å². The summed E-state index contributed by atoms with van der Waals surface area (Å²) >= 11 is 8.17. The molecule has 20 rings (SSSR count). The minimum absolute atomic E-state index is 0. The standard InChI is InChI=1S/C15H15N3O4.2C15H15NO4.C14H14N2O3.C13H11NO4.C11H9NO2.C7H12N2O.C4H6N2O2.C4H8O.CH3B.CH3Cl.CH4S.Na.H2O/c1-2-22-15(21)12-10-11(16-17-12)14(20)18(13(10)19)8-9-6-4-3-5-7-9;2*1-2-20-15(19)12-10-11(12)14(18)16(13(10)17)8-9-6-4-3-5-7-9;1-15-12(17)9-10-11(9)14(19)16(13(10)18)7-8-5-3-2-4-6-8;15-11-8-9(10(8)13(17)18)12(16)14(11)6-7-4-2-1-3-5-7;13-10-6-7-11(14)12(10)8-9-4-2-1-3-5-9;1-8-7(10)6-4-2-9-3-5(4)6;1-2-8-4(7)3-6-5;1-2-4-5-3-1;3*1-2;;/h3-7,10-11,16H,2,8H2,1H3;2*3-7,10-12H,2,8H2,1H3;2-6,9-11H,7H2,1H3,(H,15,17);1-5,8-10H,6H2,(H,17,18);1-7H,8H2;4-6,9H,2-3H2,1H3,(H,8,10);3H,2H2,1H3;1-4H2;2*1H3;2H,1H3;;1H2/q;;;;;;;;;;;;+1;/p-1/t;2*10-,11+,12?;9?,10-,11+;8-,9+,10?;;4-,5+,6?;;;;;;;. The molecule has 5 saturated carbocycles. The molecule has 2 radical (unpaired) electrons. The minimum Gasteiger partial charge on any atom is -0.870 e. The number of carbonyl (C=O) groups is 19. The Kier molecular flexibility index (Phi) is 46.7. The average molecular weight is 2030 g/mol. The number of amides is 14. The number of hydrazone groups is 1. The molecule has 43 heteroatoms. The number of aliphatic carboxylic acids is 1. The van der Waals surface area contributed by atoms with Crippen LogP contribution in [-0.2, 0) is 154 Å². The predicted molar refractivity (Wildman–Crippen MR) is 516 cm³/mol. The number of hydrogen-bond donors (Lipinski definition) is 6. The van der Waals surface area contributed by atoms with Gasteiger partial charge in [0.05, 0.1) is 145 Å². The fraction of sp³-hybridized carbons (Fsp3) is 0.416. The Balaban J connectivity index is 0.000000222. The van der Waals surface area contributed by atoms with Crippen LogP contribution in [0.5, 0.6) is 0 Å². The van der Waals surface area contributed by atoms with E-state index in [1.165, 1.54) is 69.7 Å². The number of fused-ring (bicyclic) bond motifs is 6. The summed E-state index contributed by atoms with van der Waals surface area (Å²) in [5.41, 5.74) is 15.7. The molecule has 6 aromatic carbocycles. The molecule has 7 saturated heterocycles. The first-order chi connectivity index (χ1) is 68.6. The van der Waals surface area contributed by atoms with Gasteiger partial charge in [0.2, 0.25) is 65.0 Å². The third-order valence-electron chi connectivity index (χ3n) is 24.9. The number of imide groups is 6. The molecule has 6 aromatic rings. The summed E-state index contributed by atoms with van der Waals surface area (Å²) in [6, 6.07) is 55.1. The van der Waals surface area contributed by atoms with Gasteiger partial charge in [-0.25, -0.2) is 9.59 Å². The number of alkyl halides is 1. The topological polar surface area (TPSA) is 537 Å². The number of halogens is 1. The smallest absolute Gasteiger partial charge is 0.870 e. The van der Waals surface area contributed by atoms with E-state index in [1.54, 1.807) is 41.0 Å². The Hall–Kier alpha value is -13.4. The Morgan fingerprint density at radius 3 is 0.986 bits per heavy atom. The number of carboxylic acid groups (broad SMARTS) is 1. The molecule has 12 fully saturated rings. The van der Waals surface area contributed by atoms with Crippen molar-refractivity contribution in [3.05, 3.63) is 233 Å². The molecule has 7 unspecified atom stereocenters. The maximum absolute atomic E-state index is 12.5. The zero-order valence-corrected chi connectivity index (χ0v) is 85.0. The van der Waals surface area contributed by atoms with E-state index in [1.807, 2.05) is 182 Å². The maximum atomic E-state index is 12.5. The Labute approximate surface area is 866 Å². The number of nitrogens with one attached hydrogen (secondary N) is 4. The van der Waals surface area contributed by atoms with Crippen LogP contribution in [0.4, 0.5) is 0 Å². The normalized spacial score (nSPS) is 24.4. The van der Waals surface area contributed by atoms with Gasteiger partial charge in [0, 0.05) is 51.8 Å². The van der Waals surface area contributed by atoms with Gasteiger partial charge in [-0.3, -0.25) is 116 Å². The van der Waals surface area contributed by atoms with Crippen LogP contribution >= 0.6 is 24.2 Å². The molecule has 0 aromatic heterocycles. The molecule has 5 aliphatic carbocycles. The maximum Gasteiger partial charge on any atom is 1.00 e. The second kappa shape index (κ2) is 57.2. The number of esters is 4. The van der Waals surface area contributed by atoms with Crippen molar-refractivity contribution in [3.63, 3.8) is 0 Å². The second-order valence-electron chi connectivity index (χ2n) is 33.3. The largest absolute Gasteiger partial charge is 1.00 e. The van der Waals surface area contributed by atoms with E-state index in [9.17, 15) is 91.1 Å². The molecule has 9 heterocycles. The van der Waals surface area contributed by atoms with E-state index in [2.05, 4.69) is 68.1 Å². The predicted octanol–water partition coefficient (Wildman–Crippen LogP) is 2.08. The molecule has 0 spiro atoms. The molecule has 17 atom stereocenters. The minimum atomic E-state index is -1.05. The summed E-state index contributed by atoms with van der Waals surface area (Å²) in [4.78, 5) is 232. The quantitative estimate of drug-likeness (QED) is 0.00615. The average Bonchev–Trinajstić information content (AvgIpc) is 1.52. The van der Waals surface area contributed by atoms with E-state index >= 15 is 0 Å². The fourth-order valence-corrected chi connectivity index (χ4v) is 17.8. The van der Waals surface area contributed by atoms with Crippen molar-refractivity contribution in [2.45, 2.75) is 92.7 Å². The summed E-state index contributed by atoms with van der Waals surface area (Å²) in [6.07, 6.45) is 9.01. The van der Waals surface area contributed by atoms with Crippen LogP contribution in [-0.4, -0.2) is 263 Å². The summed E-state index contributed by atoms with van der Waals surface area (Å²) < 4.78 is 23.9. The summed E-state index contributed by atoms with van der Waals surface area (Å²) in [7, 11) is 7.73. The first-order valence-electron chi connectivity index (χ1n) is 46.2. The first-order valence-corrected chi connectivity index (χ1v) is 47.8. The van der Waals surface area contributed by atoms with Gasteiger partial charge in [-0.1, -0.05) is 189 Å². The molecular weight excluding hydrogens is 1910 g/mol. The zero-order valence-electron chi connectivity index (χ0n) is 81.3. The summed E-state index contributed by atoms with van der Waals surface area (Å²) in [5, 5.41) is 21.1. The molecule has 14 amide bonds. The van der Waals surface area contributed by atoms with Crippen molar-refractivity contribution in [1.29, 1.82) is 0 Å². The van der Waals surface area contributed by atoms with Gasteiger partial charge in [-0.05, 0) is 105 Å². The Bertz CT molecular complexity index is 5440. The number of piperidine rings is 5. The molecule has 14 aliphatic rings. The van der Waals surface area contributed by atoms with Crippen molar-refractivity contribution in [2.24, 2.45) is 99.8 Å². The Morgan fingerprint density at radius 1 is 0.438 bits per heavy atom. The van der Waals surface area contributed by atoms with Gasteiger partial charge >= 0.3 is 65.6 Å². The van der Waals surface area contributed by atoms with Crippen molar-refractivity contribution in [1.82, 2.24) is 50.8 Å². The molecule has 144 heavy (non-hydrogen) atoms. The summed E-state index contributed by atoms with van der Waals surface area (Å²) in [6.45, 7) is 15.0. The van der Waals surface area contributed by atoms with Crippen LogP contribution in [0.15, 0.2) is 199 Å². The van der Waals surface area contributed by atoms with Gasteiger partial charge < -0.3 is 55.7 Å². The van der Waals surface area contributed by atoms with E-state index < -0.39 is 119 Å². The van der Waals surface area contributed by atoms with Crippen LogP contribution in [0.2, 0.25) is 6.82 Å². The number of rotatable bonds is 23.